The number of rotatable bonds is 5. The molecule has 2 heterocycles. The van der Waals surface area contributed by atoms with Crippen molar-refractivity contribution >= 4 is 32.4 Å². The van der Waals surface area contributed by atoms with Crippen LogP contribution in [0.5, 0.6) is 0 Å². The van der Waals surface area contributed by atoms with E-state index in [2.05, 4.69) is 9.71 Å². The zero-order valence-corrected chi connectivity index (χ0v) is 12.2. The predicted octanol–water partition coefficient (Wildman–Crippen LogP) is 2.08. The first-order valence-electron chi connectivity index (χ1n) is 6.10. The lowest BCUT2D eigenvalue weighted by atomic mass is 10.3. The smallest absolute Gasteiger partial charge is 0.250 e. The van der Waals surface area contributed by atoms with Gasteiger partial charge in [-0.05, 0) is 23.6 Å². The van der Waals surface area contributed by atoms with Crippen LogP contribution in [0.1, 0.15) is 0 Å². The zero-order valence-electron chi connectivity index (χ0n) is 10.6. The molecular weight excluding hydrogens is 294 g/mol. The van der Waals surface area contributed by atoms with E-state index in [0.717, 1.165) is 11.0 Å². The van der Waals surface area contributed by atoms with E-state index in [1.807, 2.05) is 28.8 Å². The Morgan fingerprint density at radius 3 is 2.85 bits per heavy atom. The normalized spacial score (nSPS) is 12.0. The molecule has 20 heavy (non-hydrogen) atoms. The summed E-state index contributed by atoms with van der Waals surface area (Å²) in [5.41, 5.74) is 1.91. The lowest BCUT2D eigenvalue weighted by molar-refractivity contribution is 0.576. The zero-order chi connectivity index (χ0) is 14.0. The van der Waals surface area contributed by atoms with Gasteiger partial charge < -0.3 is 4.57 Å². The summed E-state index contributed by atoms with van der Waals surface area (Å²) in [6, 6.07) is 11.1. The molecule has 0 spiro atoms. The highest BCUT2D eigenvalue weighted by Crippen LogP contribution is 2.15. The molecule has 2 aromatic heterocycles. The van der Waals surface area contributed by atoms with Crippen molar-refractivity contribution in [3.05, 3.63) is 48.1 Å². The van der Waals surface area contributed by atoms with Crippen molar-refractivity contribution < 1.29 is 8.42 Å². The molecule has 0 bridgehead atoms. The van der Waals surface area contributed by atoms with Crippen LogP contribution >= 0.6 is 11.3 Å². The lowest BCUT2D eigenvalue weighted by Crippen LogP contribution is -2.26. The molecule has 0 fully saturated rings. The van der Waals surface area contributed by atoms with Crippen LogP contribution in [0.2, 0.25) is 0 Å². The molecule has 1 aromatic carbocycles. The van der Waals surface area contributed by atoms with E-state index in [4.69, 9.17) is 0 Å². The van der Waals surface area contributed by atoms with E-state index >= 15 is 0 Å². The summed E-state index contributed by atoms with van der Waals surface area (Å²) in [4.78, 5) is 4.27. The summed E-state index contributed by atoms with van der Waals surface area (Å²) < 4.78 is 28.8. The molecule has 0 aliphatic heterocycles. The molecule has 3 aromatic rings. The third kappa shape index (κ3) is 2.60. The minimum atomic E-state index is -3.39. The van der Waals surface area contributed by atoms with Gasteiger partial charge in [0.05, 0.1) is 17.4 Å². The SMILES string of the molecule is O=S(=O)(NCCn1cnc2ccccc21)c1cccs1. The fourth-order valence-corrected chi connectivity index (χ4v) is 4.04. The fourth-order valence-electron chi connectivity index (χ4n) is 1.98. The average Bonchev–Trinajstić information content (AvgIpc) is 3.08. The highest BCUT2D eigenvalue weighted by molar-refractivity contribution is 7.91. The molecule has 0 aliphatic rings. The van der Waals surface area contributed by atoms with E-state index in [1.54, 1.807) is 23.8 Å². The van der Waals surface area contributed by atoms with Gasteiger partial charge in [0, 0.05) is 13.1 Å². The third-order valence-corrected chi connectivity index (χ3v) is 5.79. The Morgan fingerprint density at radius 2 is 2.05 bits per heavy atom. The molecule has 104 valence electrons. The Kier molecular flexibility index (Phi) is 3.56. The van der Waals surface area contributed by atoms with E-state index in [0.29, 0.717) is 17.3 Å². The van der Waals surface area contributed by atoms with Gasteiger partial charge in [0.1, 0.15) is 4.21 Å². The molecule has 0 aliphatic carbocycles. The molecule has 7 heteroatoms. The van der Waals surface area contributed by atoms with E-state index in [-0.39, 0.29) is 0 Å². The van der Waals surface area contributed by atoms with E-state index < -0.39 is 10.0 Å². The predicted molar refractivity (Wildman–Crippen MR) is 79.2 cm³/mol. The summed E-state index contributed by atoms with van der Waals surface area (Å²) in [5.74, 6) is 0. The molecule has 0 radical (unpaired) electrons. The number of imidazole rings is 1. The summed E-state index contributed by atoms with van der Waals surface area (Å²) >= 11 is 1.21. The van der Waals surface area contributed by atoms with Crippen molar-refractivity contribution in [3.8, 4) is 0 Å². The van der Waals surface area contributed by atoms with Gasteiger partial charge in [-0.25, -0.2) is 18.1 Å². The molecule has 5 nitrogen and oxygen atoms in total. The van der Waals surface area contributed by atoms with Crippen molar-refractivity contribution in [2.75, 3.05) is 6.54 Å². The Balaban J connectivity index is 1.69. The molecule has 0 saturated carbocycles. The number of para-hydroxylation sites is 2. The van der Waals surface area contributed by atoms with E-state index in [1.165, 1.54) is 11.3 Å². The number of hydrogen-bond acceptors (Lipinski definition) is 4. The number of aromatic nitrogens is 2. The van der Waals surface area contributed by atoms with Crippen LogP contribution in [0.25, 0.3) is 11.0 Å². The van der Waals surface area contributed by atoms with Crippen LogP contribution in [0.4, 0.5) is 0 Å². The van der Waals surface area contributed by atoms with Crippen molar-refractivity contribution in [2.24, 2.45) is 0 Å². The second-order valence-corrected chi connectivity index (χ2v) is 7.20. The lowest BCUT2D eigenvalue weighted by Gasteiger charge is -2.06. The molecule has 0 unspecified atom stereocenters. The first-order valence-corrected chi connectivity index (χ1v) is 8.46. The summed E-state index contributed by atoms with van der Waals surface area (Å²) in [7, 11) is -3.39. The Bertz CT molecular complexity index is 807. The van der Waals surface area contributed by atoms with Gasteiger partial charge in [-0.3, -0.25) is 0 Å². The molecule has 0 amide bonds. The highest BCUT2D eigenvalue weighted by atomic mass is 32.2. The maximum atomic E-state index is 12.0. The molecule has 0 atom stereocenters. The molecular formula is C13H13N3O2S2. The number of nitrogens with zero attached hydrogens (tertiary/aromatic N) is 2. The standard InChI is InChI=1S/C13H13N3O2S2/c17-20(18,13-6-3-9-19-13)15-7-8-16-10-14-11-4-1-2-5-12(11)16/h1-6,9-10,15H,7-8H2. The topological polar surface area (TPSA) is 64.0 Å². The first kappa shape index (κ1) is 13.3. The van der Waals surface area contributed by atoms with Gasteiger partial charge in [-0.15, -0.1) is 11.3 Å². The average molecular weight is 307 g/mol. The molecule has 1 N–H and O–H groups in total. The second kappa shape index (κ2) is 5.35. The van der Waals surface area contributed by atoms with Crippen LogP contribution in [0.3, 0.4) is 0 Å². The van der Waals surface area contributed by atoms with Gasteiger partial charge >= 0.3 is 0 Å². The fraction of sp³-hybridized carbons (Fsp3) is 0.154. The Hall–Kier alpha value is -1.70. The number of sulfonamides is 1. The van der Waals surface area contributed by atoms with Crippen LogP contribution in [0, 0.1) is 0 Å². The maximum absolute atomic E-state index is 12.0. The summed E-state index contributed by atoms with van der Waals surface area (Å²) in [6.07, 6.45) is 1.73. The van der Waals surface area contributed by atoms with Gasteiger partial charge in [0.15, 0.2) is 0 Å². The number of thiophene rings is 1. The largest absolute Gasteiger partial charge is 0.329 e. The quantitative estimate of drug-likeness (QED) is 0.785. The van der Waals surface area contributed by atoms with E-state index in [9.17, 15) is 8.42 Å². The minimum Gasteiger partial charge on any atom is -0.329 e. The van der Waals surface area contributed by atoms with Gasteiger partial charge in [-0.2, -0.15) is 0 Å². The number of fused-ring (bicyclic) bond motifs is 1. The summed E-state index contributed by atoms with van der Waals surface area (Å²) in [5, 5.41) is 1.75. The van der Waals surface area contributed by atoms with Crippen LogP contribution < -0.4 is 4.72 Å². The molecule has 3 rings (SSSR count). The van der Waals surface area contributed by atoms with Gasteiger partial charge in [0.2, 0.25) is 10.0 Å². The number of benzene rings is 1. The van der Waals surface area contributed by atoms with Gasteiger partial charge in [0.25, 0.3) is 0 Å². The minimum absolute atomic E-state index is 0.334. The maximum Gasteiger partial charge on any atom is 0.250 e. The number of hydrogen-bond donors (Lipinski definition) is 1. The first-order chi connectivity index (χ1) is 9.67. The highest BCUT2D eigenvalue weighted by Gasteiger charge is 2.14. The van der Waals surface area contributed by atoms with Crippen LogP contribution in [0.15, 0.2) is 52.3 Å². The van der Waals surface area contributed by atoms with Crippen molar-refractivity contribution in [1.82, 2.24) is 14.3 Å². The van der Waals surface area contributed by atoms with Crippen molar-refractivity contribution in [1.29, 1.82) is 0 Å². The second-order valence-electron chi connectivity index (χ2n) is 4.26. The number of nitrogens with one attached hydrogen (secondary N) is 1. The van der Waals surface area contributed by atoms with Gasteiger partial charge in [-0.1, -0.05) is 18.2 Å². The Labute approximate surface area is 120 Å². The Morgan fingerprint density at radius 1 is 1.20 bits per heavy atom. The summed E-state index contributed by atoms with van der Waals surface area (Å²) in [6.45, 7) is 0.881. The van der Waals surface area contributed by atoms with Crippen LogP contribution in [-0.4, -0.2) is 24.5 Å². The van der Waals surface area contributed by atoms with Crippen molar-refractivity contribution in [2.45, 2.75) is 10.8 Å². The van der Waals surface area contributed by atoms with Crippen LogP contribution in [-0.2, 0) is 16.6 Å². The molecule has 0 saturated heterocycles. The monoisotopic (exact) mass is 307 g/mol. The third-order valence-electron chi connectivity index (χ3n) is 2.93. The van der Waals surface area contributed by atoms with Crippen molar-refractivity contribution in [3.63, 3.8) is 0 Å².